The Morgan fingerprint density at radius 1 is 1.15 bits per heavy atom. The molecule has 0 radical (unpaired) electrons. The molecule has 4 rings (SSSR count). The van der Waals surface area contributed by atoms with Crippen molar-refractivity contribution in [2.45, 2.75) is 68.9 Å². The Labute approximate surface area is 226 Å². The third kappa shape index (κ3) is 6.00. The van der Waals surface area contributed by atoms with Gasteiger partial charge in [-0.2, -0.15) is 0 Å². The maximum absolute atomic E-state index is 15.0. The van der Waals surface area contributed by atoms with Crippen LogP contribution < -0.4 is 11.2 Å². The summed E-state index contributed by atoms with van der Waals surface area (Å²) in [5, 5.41) is 0. The van der Waals surface area contributed by atoms with Crippen LogP contribution in [0.4, 0.5) is 9.18 Å². The van der Waals surface area contributed by atoms with Gasteiger partial charge in [0.05, 0.1) is 13.7 Å². The minimum Gasteiger partial charge on any atom is -0.438 e. The van der Waals surface area contributed by atoms with Crippen LogP contribution in [0, 0.1) is 0 Å². The summed E-state index contributed by atoms with van der Waals surface area (Å²) in [6.07, 6.45) is 0.0206. The topological polar surface area (TPSA) is 189 Å². The SMILES string of the molecule is COC(=O)OCOP(=O)(OCOC(C)=O)OC[C@@]1(CF)OC(n2ccc(=O)[nH]c2=O)[C@]2(C)OC3(CCCC3)O[C@H]12. The number of ether oxygens (including phenoxy) is 6. The first-order valence-corrected chi connectivity index (χ1v) is 13.7. The highest BCUT2D eigenvalue weighted by Crippen LogP contribution is 2.60. The first-order chi connectivity index (χ1) is 18.9. The van der Waals surface area contributed by atoms with Crippen LogP contribution in [0.2, 0.25) is 0 Å². The molecule has 1 aromatic rings. The molecule has 16 nitrogen and oxygen atoms in total. The fourth-order valence-corrected chi connectivity index (χ4v) is 5.99. The number of hydrogen-bond acceptors (Lipinski definition) is 14. The van der Waals surface area contributed by atoms with Gasteiger partial charge < -0.3 is 28.4 Å². The Morgan fingerprint density at radius 2 is 1.82 bits per heavy atom. The van der Waals surface area contributed by atoms with Crippen LogP contribution >= 0.6 is 7.82 Å². The number of halogens is 1. The van der Waals surface area contributed by atoms with E-state index in [0.29, 0.717) is 12.8 Å². The summed E-state index contributed by atoms with van der Waals surface area (Å²) in [5.41, 5.74) is -5.01. The van der Waals surface area contributed by atoms with Crippen LogP contribution in [-0.2, 0) is 51.4 Å². The van der Waals surface area contributed by atoms with E-state index in [0.717, 1.165) is 37.5 Å². The lowest BCUT2D eigenvalue weighted by Gasteiger charge is -2.34. The largest absolute Gasteiger partial charge is 0.510 e. The van der Waals surface area contributed by atoms with E-state index in [1.807, 2.05) is 0 Å². The molecule has 40 heavy (non-hydrogen) atoms. The van der Waals surface area contributed by atoms with Gasteiger partial charge >= 0.3 is 25.6 Å². The highest BCUT2D eigenvalue weighted by atomic mass is 31.2. The number of alkyl halides is 1. The molecule has 1 N–H and O–H groups in total. The Kier molecular flexibility index (Phi) is 8.85. The van der Waals surface area contributed by atoms with Gasteiger partial charge in [0.15, 0.2) is 17.6 Å². The zero-order chi connectivity index (χ0) is 29.2. The van der Waals surface area contributed by atoms with Gasteiger partial charge in [-0.25, -0.2) is 27.6 Å². The molecule has 2 aliphatic heterocycles. The van der Waals surface area contributed by atoms with E-state index >= 15 is 4.39 Å². The lowest BCUT2D eigenvalue weighted by molar-refractivity contribution is -0.253. The number of phosphoric ester groups is 1. The number of phosphoric acid groups is 1. The third-order valence-corrected chi connectivity index (χ3v) is 8.05. The molecule has 0 bridgehead atoms. The molecule has 1 saturated carbocycles. The Morgan fingerprint density at radius 3 is 2.42 bits per heavy atom. The van der Waals surface area contributed by atoms with E-state index in [4.69, 9.17) is 27.8 Å². The van der Waals surface area contributed by atoms with Crippen molar-refractivity contribution in [1.29, 1.82) is 0 Å². The van der Waals surface area contributed by atoms with Gasteiger partial charge in [-0.05, 0) is 19.8 Å². The number of carbonyl (C=O) groups is 2. The van der Waals surface area contributed by atoms with E-state index < -0.39 is 87.4 Å². The van der Waals surface area contributed by atoms with Gasteiger partial charge in [0.1, 0.15) is 18.4 Å². The number of H-pyrrole nitrogens is 1. The van der Waals surface area contributed by atoms with Crippen molar-refractivity contribution in [1.82, 2.24) is 9.55 Å². The molecule has 5 atom stereocenters. The quantitative estimate of drug-likeness (QED) is 0.220. The maximum Gasteiger partial charge on any atom is 0.510 e. The van der Waals surface area contributed by atoms with Crippen LogP contribution in [-0.4, -0.2) is 78.7 Å². The minimum absolute atomic E-state index is 0.494. The Hall–Kier alpha value is -2.66. The van der Waals surface area contributed by atoms with E-state index in [-0.39, 0.29) is 0 Å². The molecule has 1 aromatic heterocycles. The molecule has 3 heterocycles. The summed E-state index contributed by atoms with van der Waals surface area (Å²) < 4.78 is 76.8. The van der Waals surface area contributed by atoms with Crippen LogP contribution in [0.25, 0.3) is 0 Å². The van der Waals surface area contributed by atoms with Crippen molar-refractivity contribution >= 4 is 19.9 Å². The molecule has 2 saturated heterocycles. The smallest absolute Gasteiger partial charge is 0.438 e. The molecule has 3 aliphatic rings. The fourth-order valence-electron chi connectivity index (χ4n) is 5.02. The summed E-state index contributed by atoms with van der Waals surface area (Å²) in [7, 11) is -3.69. The van der Waals surface area contributed by atoms with Crippen molar-refractivity contribution in [3.63, 3.8) is 0 Å². The van der Waals surface area contributed by atoms with Gasteiger partial charge in [-0.15, -0.1) is 0 Å². The Bertz CT molecular complexity index is 1260. The van der Waals surface area contributed by atoms with Crippen LogP contribution in [0.1, 0.15) is 45.8 Å². The van der Waals surface area contributed by atoms with Gasteiger partial charge in [0.2, 0.25) is 13.6 Å². The number of fused-ring (bicyclic) bond motifs is 1. The Balaban J connectivity index is 1.63. The molecule has 1 aliphatic carbocycles. The van der Waals surface area contributed by atoms with Gasteiger partial charge in [-0.1, -0.05) is 0 Å². The summed E-state index contributed by atoms with van der Waals surface area (Å²) >= 11 is 0. The number of nitrogens with one attached hydrogen (secondary N) is 1. The molecule has 3 fully saturated rings. The first-order valence-electron chi connectivity index (χ1n) is 12.2. The summed E-state index contributed by atoms with van der Waals surface area (Å²) in [6, 6.07) is 1.09. The number of carbonyl (C=O) groups excluding carboxylic acids is 2. The van der Waals surface area contributed by atoms with E-state index in [1.54, 1.807) is 6.92 Å². The summed E-state index contributed by atoms with van der Waals surface area (Å²) in [6.45, 7) is -1.32. The lowest BCUT2D eigenvalue weighted by atomic mass is 9.88. The molecule has 2 unspecified atom stereocenters. The molecular weight excluding hydrogens is 566 g/mol. The number of esters is 1. The number of hydrogen-bond donors (Lipinski definition) is 1. The fraction of sp³-hybridized carbons (Fsp3) is 0.727. The third-order valence-electron chi connectivity index (χ3n) is 6.76. The van der Waals surface area contributed by atoms with Crippen LogP contribution in [0.3, 0.4) is 0 Å². The minimum atomic E-state index is -4.72. The molecule has 1 spiro atoms. The number of nitrogens with zero attached hydrogens (tertiary/aromatic N) is 1. The predicted octanol–water partition coefficient (Wildman–Crippen LogP) is 1.64. The first kappa shape index (κ1) is 30.3. The van der Waals surface area contributed by atoms with E-state index in [1.165, 1.54) is 6.20 Å². The summed E-state index contributed by atoms with van der Waals surface area (Å²) in [4.78, 5) is 48.9. The highest BCUT2D eigenvalue weighted by molar-refractivity contribution is 7.48. The second kappa shape index (κ2) is 11.7. The maximum atomic E-state index is 15.0. The number of aromatic amines is 1. The number of aromatic nitrogens is 2. The van der Waals surface area contributed by atoms with Crippen molar-refractivity contribution in [2.75, 3.05) is 34.0 Å². The normalized spacial score (nSPS) is 30.1. The van der Waals surface area contributed by atoms with Gasteiger partial charge in [-0.3, -0.25) is 23.7 Å². The highest BCUT2D eigenvalue weighted by Gasteiger charge is 2.72. The predicted molar refractivity (Wildman–Crippen MR) is 126 cm³/mol. The van der Waals surface area contributed by atoms with Crippen LogP contribution in [0.15, 0.2) is 21.9 Å². The zero-order valence-corrected chi connectivity index (χ0v) is 22.8. The second-order valence-corrected chi connectivity index (χ2v) is 11.2. The van der Waals surface area contributed by atoms with Gasteiger partial charge in [0, 0.05) is 32.0 Å². The zero-order valence-electron chi connectivity index (χ0n) is 22.0. The standard InChI is InChI=1S/C22H30FN2O14P/c1-14(26)32-12-35-40(30,36-13-33-19(29)31-3)34-11-21(10-23)16-20(2,39-22(37-16)7-4-5-8-22)17(38-21)25-9-6-15(27)24-18(25)28/h6,9,16-17H,4-5,7-8,10-13H2,1-3H3,(H,24,27,28)/t16-,17?,20+,21+,40?/m0/s1. The van der Waals surface area contributed by atoms with Crippen molar-refractivity contribution in [3.8, 4) is 0 Å². The number of rotatable bonds is 11. The van der Waals surface area contributed by atoms with Crippen molar-refractivity contribution in [2.24, 2.45) is 0 Å². The van der Waals surface area contributed by atoms with E-state index in [2.05, 4.69) is 19.2 Å². The molecule has 18 heteroatoms. The van der Waals surface area contributed by atoms with E-state index in [9.17, 15) is 23.7 Å². The average molecular weight is 596 g/mol. The summed E-state index contributed by atoms with van der Waals surface area (Å²) in [5.74, 6) is -1.87. The average Bonchev–Trinajstić information content (AvgIpc) is 3.54. The van der Waals surface area contributed by atoms with Crippen molar-refractivity contribution in [3.05, 3.63) is 33.1 Å². The molecule has 0 amide bonds. The second-order valence-electron chi connectivity index (χ2n) is 9.54. The monoisotopic (exact) mass is 596 g/mol. The molecule has 0 aromatic carbocycles. The molecular formula is C22H30FN2O14P. The van der Waals surface area contributed by atoms with Crippen molar-refractivity contribution < 1.29 is 60.5 Å². The number of methoxy groups -OCH3 is 1. The van der Waals surface area contributed by atoms with Crippen LogP contribution in [0.5, 0.6) is 0 Å². The lowest BCUT2D eigenvalue weighted by Crippen LogP contribution is -2.51. The van der Waals surface area contributed by atoms with Gasteiger partial charge in [0.25, 0.3) is 5.56 Å². The molecule has 224 valence electrons.